The second-order valence-corrected chi connectivity index (χ2v) is 23.1. The van der Waals surface area contributed by atoms with Gasteiger partial charge in [0, 0.05) is 0 Å². The first-order valence-electron chi connectivity index (χ1n) is 28.3. The molecule has 2 aliphatic rings. The molecule has 2 aromatic carbocycles. The maximum Gasteiger partial charge on any atom is 2.00 e. The third-order valence-corrected chi connectivity index (χ3v) is 15.7. The molecule has 0 saturated heterocycles. The van der Waals surface area contributed by atoms with E-state index in [4.69, 9.17) is 0 Å². The topological polar surface area (TPSA) is 163 Å². The molecule has 2 aromatic rings. The molecule has 0 fully saturated rings. The van der Waals surface area contributed by atoms with Crippen LogP contribution in [0.2, 0.25) is 0 Å². The molecular weight excluding hydrogens is 929 g/mol. The molecule has 10 nitrogen and oxygen atoms in total. The Hall–Kier alpha value is -1.28. The third kappa shape index (κ3) is 31.1. The van der Waals surface area contributed by atoms with E-state index >= 15 is 0 Å². The van der Waals surface area contributed by atoms with Crippen molar-refractivity contribution in [1.82, 2.24) is 0 Å². The first-order valence-corrected chi connectivity index (χ1v) is 31.1. The summed E-state index contributed by atoms with van der Waals surface area (Å²) in [6, 6.07) is 8.94. The standard InChI is InChI=1S/2C28H50N2O3S.Ca/c2*1-2-3-4-5-6-7-8-9-10-11-12-13-14-15-16-17-18-19-20-21-28-29-26-23-22-25(34(31,32)33)24-27(26)30-28;/h2*22-24,28-30H,2-21H2,1H3,(H,31,32,33);/q;;+2/p-2. The van der Waals surface area contributed by atoms with Gasteiger partial charge in [0.2, 0.25) is 0 Å². The molecule has 0 aliphatic carbocycles. The van der Waals surface area contributed by atoms with E-state index in [0.29, 0.717) is 11.4 Å². The number of benzene rings is 2. The van der Waals surface area contributed by atoms with Crippen molar-refractivity contribution in [2.75, 3.05) is 21.3 Å². The Labute approximate surface area is 453 Å². The minimum atomic E-state index is -4.41. The van der Waals surface area contributed by atoms with E-state index in [2.05, 4.69) is 35.1 Å². The maximum atomic E-state index is 11.2. The Kier molecular flexibility index (Phi) is 37.1. The van der Waals surface area contributed by atoms with Crippen molar-refractivity contribution in [3.8, 4) is 0 Å². The molecule has 4 N–H and O–H groups in total. The van der Waals surface area contributed by atoms with Gasteiger partial charge in [-0.1, -0.05) is 245 Å². The van der Waals surface area contributed by atoms with Crippen molar-refractivity contribution in [2.45, 2.75) is 293 Å². The number of rotatable bonds is 42. The summed E-state index contributed by atoms with van der Waals surface area (Å²) >= 11 is 0. The normalized spacial score (nSPS) is 15.0. The summed E-state index contributed by atoms with van der Waals surface area (Å²) in [5, 5.41) is 13.3. The van der Waals surface area contributed by atoms with Gasteiger partial charge < -0.3 is 30.4 Å². The molecular formula is C56H98CaN4O6S2. The SMILES string of the molecule is CCCCCCCCCCCCCCCCCCCCCC1Nc2ccc(S(=O)(=O)[O-])cc2N1.CCCCCCCCCCCCCCCCCCCCCC1Nc2ccc(S(=O)(=O)[O-])cc2N1.[Ca+2]. The van der Waals surface area contributed by atoms with Gasteiger partial charge in [0.1, 0.15) is 20.2 Å². The molecule has 0 aromatic heterocycles. The summed E-state index contributed by atoms with van der Waals surface area (Å²) in [5.41, 5.74) is 3.16. The van der Waals surface area contributed by atoms with Crippen molar-refractivity contribution in [3.05, 3.63) is 36.4 Å². The molecule has 0 bridgehead atoms. The predicted molar refractivity (Wildman–Crippen MR) is 293 cm³/mol. The number of hydrogen-bond acceptors (Lipinski definition) is 10. The van der Waals surface area contributed by atoms with Crippen LogP contribution in [0.3, 0.4) is 0 Å². The van der Waals surface area contributed by atoms with Gasteiger partial charge in [-0.2, -0.15) is 0 Å². The molecule has 0 amide bonds. The molecule has 0 radical (unpaired) electrons. The fraction of sp³-hybridized carbons (Fsp3) is 0.786. The van der Waals surface area contributed by atoms with Crippen LogP contribution in [-0.2, 0) is 20.2 Å². The second-order valence-electron chi connectivity index (χ2n) is 20.3. The molecule has 0 saturated carbocycles. The molecule has 392 valence electrons. The molecule has 13 heteroatoms. The summed E-state index contributed by atoms with van der Waals surface area (Å²) < 4.78 is 67.0. The van der Waals surface area contributed by atoms with Gasteiger partial charge in [-0.25, -0.2) is 16.8 Å². The van der Waals surface area contributed by atoms with Gasteiger partial charge in [-0.15, -0.1) is 0 Å². The summed E-state index contributed by atoms with van der Waals surface area (Å²) in [6.07, 6.45) is 54.7. The molecule has 4 rings (SSSR count). The summed E-state index contributed by atoms with van der Waals surface area (Å²) in [6.45, 7) is 4.57. The summed E-state index contributed by atoms with van der Waals surface area (Å²) in [7, 11) is -8.81. The number of nitrogens with one attached hydrogen (secondary N) is 4. The van der Waals surface area contributed by atoms with Crippen molar-refractivity contribution < 1.29 is 25.9 Å². The molecule has 2 aliphatic heterocycles. The number of hydrogen-bond donors (Lipinski definition) is 4. The van der Waals surface area contributed by atoms with E-state index in [0.717, 1.165) is 37.1 Å². The minimum absolute atomic E-state index is 0. The van der Waals surface area contributed by atoms with Crippen LogP contribution in [-0.4, -0.2) is 76.0 Å². The van der Waals surface area contributed by atoms with Crippen LogP contribution in [0, 0.1) is 0 Å². The van der Waals surface area contributed by atoms with E-state index < -0.39 is 20.2 Å². The van der Waals surface area contributed by atoms with E-state index in [-0.39, 0.29) is 59.9 Å². The largest absolute Gasteiger partial charge is 2.00 e. The van der Waals surface area contributed by atoms with Crippen LogP contribution < -0.4 is 21.3 Å². The zero-order chi connectivity index (χ0) is 49.0. The third-order valence-electron chi connectivity index (χ3n) is 14.1. The van der Waals surface area contributed by atoms with Crippen molar-refractivity contribution >= 4 is 80.7 Å². The average molecular weight is 1030 g/mol. The number of fused-ring (bicyclic) bond motifs is 2. The van der Waals surface area contributed by atoms with Crippen molar-refractivity contribution in [2.24, 2.45) is 0 Å². The van der Waals surface area contributed by atoms with E-state index in [9.17, 15) is 25.9 Å². The molecule has 0 spiro atoms. The Bertz CT molecular complexity index is 1670. The zero-order valence-electron chi connectivity index (χ0n) is 43.9. The predicted octanol–water partition coefficient (Wildman–Crippen LogP) is 16.8. The van der Waals surface area contributed by atoms with Crippen LogP contribution >= 0.6 is 0 Å². The zero-order valence-corrected chi connectivity index (χ0v) is 47.7. The fourth-order valence-electron chi connectivity index (χ4n) is 9.81. The van der Waals surface area contributed by atoms with Crippen LogP contribution in [0.1, 0.15) is 271 Å². The van der Waals surface area contributed by atoms with E-state index in [1.165, 1.54) is 255 Å². The van der Waals surface area contributed by atoms with Crippen molar-refractivity contribution in [3.63, 3.8) is 0 Å². The first-order chi connectivity index (χ1) is 33.0. The molecule has 69 heavy (non-hydrogen) atoms. The Morgan fingerprint density at radius 3 is 0.754 bits per heavy atom. The smallest absolute Gasteiger partial charge is 0.744 e. The average Bonchev–Trinajstić information content (AvgIpc) is 3.93. The fourth-order valence-corrected chi connectivity index (χ4v) is 10.8. The number of anilines is 4. The monoisotopic (exact) mass is 1030 g/mol. The van der Waals surface area contributed by atoms with E-state index in [1.807, 2.05) is 0 Å². The Morgan fingerprint density at radius 2 is 0.536 bits per heavy atom. The van der Waals surface area contributed by atoms with Gasteiger partial charge in [-0.05, 0) is 62.1 Å². The minimum Gasteiger partial charge on any atom is -0.744 e. The first kappa shape index (κ1) is 63.8. The van der Waals surface area contributed by atoms with Crippen LogP contribution in [0.15, 0.2) is 46.2 Å². The van der Waals surface area contributed by atoms with Crippen LogP contribution in [0.5, 0.6) is 0 Å². The second kappa shape index (κ2) is 40.1. The quantitative estimate of drug-likeness (QED) is 0.0286. The molecule has 2 unspecified atom stereocenters. The molecule has 2 atom stereocenters. The Morgan fingerprint density at radius 1 is 0.333 bits per heavy atom. The van der Waals surface area contributed by atoms with Crippen molar-refractivity contribution in [1.29, 1.82) is 0 Å². The van der Waals surface area contributed by atoms with E-state index in [1.54, 1.807) is 12.1 Å². The van der Waals surface area contributed by atoms with Gasteiger partial charge in [0.25, 0.3) is 0 Å². The van der Waals surface area contributed by atoms with Crippen LogP contribution in [0.25, 0.3) is 0 Å². The van der Waals surface area contributed by atoms with Gasteiger partial charge >= 0.3 is 37.7 Å². The maximum absolute atomic E-state index is 11.2. The molecule has 2 heterocycles. The van der Waals surface area contributed by atoms with Gasteiger partial charge in [0.15, 0.2) is 0 Å². The summed E-state index contributed by atoms with van der Waals surface area (Å²) in [5.74, 6) is 0. The summed E-state index contributed by atoms with van der Waals surface area (Å²) in [4.78, 5) is -0.352. The Balaban J connectivity index is 0.000000467. The van der Waals surface area contributed by atoms with Crippen LogP contribution in [0.4, 0.5) is 22.7 Å². The van der Waals surface area contributed by atoms with Gasteiger partial charge in [-0.3, -0.25) is 0 Å². The van der Waals surface area contributed by atoms with Gasteiger partial charge in [0.05, 0.1) is 44.9 Å². The number of unbranched alkanes of at least 4 members (excludes halogenated alkanes) is 36.